The molecule has 0 saturated carbocycles. The molecule has 0 atom stereocenters. The molecule has 1 aliphatic rings. The Morgan fingerprint density at radius 3 is 2.07 bits per heavy atom. The number of nitrogens with zero attached hydrogens (tertiary/aromatic N) is 1. The van der Waals surface area contributed by atoms with Gasteiger partial charge in [0.2, 0.25) is 11.8 Å². The van der Waals surface area contributed by atoms with Crippen LogP contribution in [0.15, 0.2) is 41.3 Å². The minimum absolute atomic E-state index is 0.0677. The largest absolute Gasteiger partial charge is 0.497 e. The summed E-state index contributed by atoms with van der Waals surface area (Å²) in [5.41, 5.74) is 0.262. The number of rotatable bonds is 7. The second kappa shape index (κ2) is 8.00. The van der Waals surface area contributed by atoms with E-state index in [9.17, 15) is 18.0 Å². The molecule has 9 nitrogen and oxygen atoms in total. The lowest BCUT2D eigenvalue weighted by atomic mass is 10.2. The number of amides is 2. The molecule has 0 aromatic heterocycles. The van der Waals surface area contributed by atoms with Gasteiger partial charge in [-0.1, -0.05) is 0 Å². The summed E-state index contributed by atoms with van der Waals surface area (Å²) in [4.78, 5) is 25.0. The predicted molar refractivity (Wildman–Crippen MR) is 105 cm³/mol. The average molecular weight is 420 g/mol. The molecule has 1 saturated heterocycles. The third-order valence-corrected chi connectivity index (χ3v) is 5.77. The van der Waals surface area contributed by atoms with Crippen molar-refractivity contribution in [2.24, 2.45) is 0 Å². The van der Waals surface area contributed by atoms with Gasteiger partial charge in [-0.05, 0) is 30.3 Å². The van der Waals surface area contributed by atoms with Crippen LogP contribution < -0.4 is 23.8 Å². The number of carbonyl (C=O) groups is 2. The van der Waals surface area contributed by atoms with Gasteiger partial charge in [-0.2, -0.15) is 0 Å². The lowest BCUT2D eigenvalue weighted by Gasteiger charge is -2.19. The van der Waals surface area contributed by atoms with E-state index in [1.165, 1.54) is 45.6 Å². The summed E-state index contributed by atoms with van der Waals surface area (Å²) >= 11 is 0. The normalized spacial score (nSPS) is 14.1. The Morgan fingerprint density at radius 1 is 0.862 bits per heavy atom. The first kappa shape index (κ1) is 20.5. The monoisotopic (exact) mass is 420 g/mol. The zero-order valence-corrected chi connectivity index (χ0v) is 16.9. The smallest absolute Gasteiger partial charge is 0.262 e. The molecule has 0 spiro atoms. The van der Waals surface area contributed by atoms with E-state index in [1.54, 1.807) is 12.1 Å². The maximum absolute atomic E-state index is 13.0. The van der Waals surface area contributed by atoms with Gasteiger partial charge < -0.3 is 14.2 Å². The number of carbonyl (C=O) groups excluding carboxylic acids is 2. The highest BCUT2D eigenvalue weighted by Crippen LogP contribution is 2.36. The van der Waals surface area contributed by atoms with Gasteiger partial charge in [0.1, 0.15) is 17.2 Å². The van der Waals surface area contributed by atoms with E-state index in [1.807, 2.05) is 0 Å². The van der Waals surface area contributed by atoms with Gasteiger partial charge in [-0.3, -0.25) is 14.3 Å². The third kappa shape index (κ3) is 3.97. The minimum atomic E-state index is -4.07. The molecule has 2 amide bonds. The fourth-order valence-corrected chi connectivity index (χ4v) is 4.04. The summed E-state index contributed by atoms with van der Waals surface area (Å²) in [5, 5.41) is 0. The summed E-state index contributed by atoms with van der Waals surface area (Å²) in [6, 6.07) is 8.63. The summed E-state index contributed by atoms with van der Waals surface area (Å²) in [5.74, 6) is 0.127. The standard InChI is InChI=1S/C19H20N2O7S/c1-26-12-4-6-16(27-2)14(10-12)20-29(24,25)13-5-7-17(28-3)15(11-13)21-18(22)8-9-19(21)23/h4-7,10-11,20H,8-9H2,1-3H3. The van der Waals surface area contributed by atoms with E-state index in [0.717, 1.165) is 4.90 Å². The Bertz CT molecular complexity index is 1050. The second-order valence-electron chi connectivity index (χ2n) is 6.13. The molecule has 29 heavy (non-hydrogen) atoms. The van der Waals surface area contributed by atoms with E-state index in [-0.39, 0.29) is 34.9 Å². The van der Waals surface area contributed by atoms with Crippen LogP contribution in [-0.2, 0) is 19.6 Å². The van der Waals surface area contributed by atoms with Crippen molar-refractivity contribution in [1.29, 1.82) is 0 Å². The Hall–Kier alpha value is -3.27. The topological polar surface area (TPSA) is 111 Å². The number of imide groups is 1. The van der Waals surface area contributed by atoms with Crippen LogP contribution in [0.4, 0.5) is 11.4 Å². The number of hydrogen-bond donors (Lipinski definition) is 1. The van der Waals surface area contributed by atoms with Crippen molar-refractivity contribution < 1.29 is 32.2 Å². The molecule has 154 valence electrons. The Kier molecular flexibility index (Phi) is 5.64. The zero-order valence-electron chi connectivity index (χ0n) is 16.1. The van der Waals surface area contributed by atoms with Crippen molar-refractivity contribution in [3.05, 3.63) is 36.4 Å². The van der Waals surface area contributed by atoms with Gasteiger partial charge in [-0.25, -0.2) is 13.3 Å². The maximum atomic E-state index is 13.0. The molecule has 2 aromatic rings. The summed E-state index contributed by atoms with van der Waals surface area (Å²) in [7, 11) is 0.170. The van der Waals surface area contributed by atoms with Crippen molar-refractivity contribution in [2.75, 3.05) is 31.0 Å². The van der Waals surface area contributed by atoms with Crippen LogP contribution in [0.3, 0.4) is 0 Å². The fourth-order valence-electron chi connectivity index (χ4n) is 2.95. The van der Waals surface area contributed by atoms with Gasteiger partial charge in [0.25, 0.3) is 10.0 Å². The molecule has 1 fully saturated rings. The highest BCUT2D eigenvalue weighted by atomic mass is 32.2. The molecule has 1 aliphatic heterocycles. The molecule has 0 unspecified atom stereocenters. The molecule has 0 radical (unpaired) electrons. The van der Waals surface area contributed by atoms with E-state index >= 15 is 0 Å². The highest BCUT2D eigenvalue weighted by molar-refractivity contribution is 7.92. The SMILES string of the molecule is COc1ccc(OC)c(NS(=O)(=O)c2ccc(OC)c(N3C(=O)CCC3=O)c2)c1. The first-order valence-electron chi connectivity index (χ1n) is 8.59. The van der Waals surface area contributed by atoms with Crippen LogP contribution in [0.1, 0.15) is 12.8 Å². The number of sulfonamides is 1. The van der Waals surface area contributed by atoms with E-state index < -0.39 is 21.8 Å². The third-order valence-electron chi connectivity index (χ3n) is 4.40. The predicted octanol–water partition coefficient (Wildman–Crippen LogP) is 2.17. The number of anilines is 2. The van der Waals surface area contributed by atoms with E-state index in [2.05, 4.69) is 4.72 Å². The van der Waals surface area contributed by atoms with Crippen molar-refractivity contribution >= 4 is 33.2 Å². The Labute approximate surface area is 168 Å². The Balaban J connectivity index is 2.03. The van der Waals surface area contributed by atoms with Crippen molar-refractivity contribution in [3.8, 4) is 17.2 Å². The number of nitrogens with one attached hydrogen (secondary N) is 1. The minimum Gasteiger partial charge on any atom is -0.497 e. The van der Waals surface area contributed by atoms with Crippen molar-refractivity contribution in [2.45, 2.75) is 17.7 Å². The van der Waals surface area contributed by atoms with Gasteiger partial charge in [0, 0.05) is 18.9 Å². The average Bonchev–Trinajstić information content (AvgIpc) is 3.05. The molecule has 10 heteroatoms. The van der Waals surface area contributed by atoms with Gasteiger partial charge in [0.15, 0.2) is 0 Å². The molecule has 0 aliphatic carbocycles. The molecule has 0 bridgehead atoms. The number of ether oxygens (including phenoxy) is 3. The number of methoxy groups -OCH3 is 3. The van der Waals surface area contributed by atoms with Crippen molar-refractivity contribution in [1.82, 2.24) is 0 Å². The van der Waals surface area contributed by atoms with Crippen LogP contribution in [-0.4, -0.2) is 41.6 Å². The van der Waals surface area contributed by atoms with Crippen LogP contribution >= 0.6 is 0 Å². The fraction of sp³-hybridized carbons (Fsp3) is 0.263. The molecule has 1 N–H and O–H groups in total. The van der Waals surface area contributed by atoms with E-state index in [0.29, 0.717) is 11.5 Å². The van der Waals surface area contributed by atoms with Crippen LogP contribution in [0.2, 0.25) is 0 Å². The molecule has 3 rings (SSSR count). The van der Waals surface area contributed by atoms with Crippen LogP contribution in [0.25, 0.3) is 0 Å². The van der Waals surface area contributed by atoms with Gasteiger partial charge in [-0.15, -0.1) is 0 Å². The summed E-state index contributed by atoms with van der Waals surface area (Å²) < 4.78 is 43.9. The highest BCUT2D eigenvalue weighted by Gasteiger charge is 2.33. The second-order valence-corrected chi connectivity index (χ2v) is 7.81. The summed E-state index contributed by atoms with van der Waals surface area (Å²) in [6.45, 7) is 0. The molecular formula is C19H20N2O7S. The summed E-state index contributed by atoms with van der Waals surface area (Å²) in [6.07, 6.45) is 0.135. The maximum Gasteiger partial charge on any atom is 0.262 e. The quantitative estimate of drug-likeness (QED) is 0.683. The van der Waals surface area contributed by atoms with E-state index in [4.69, 9.17) is 14.2 Å². The number of hydrogen-bond acceptors (Lipinski definition) is 7. The molecule has 1 heterocycles. The molecule has 2 aromatic carbocycles. The zero-order chi connectivity index (χ0) is 21.2. The molecular weight excluding hydrogens is 400 g/mol. The van der Waals surface area contributed by atoms with Crippen LogP contribution in [0, 0.1) is 0 Å². The number of benzene rings is 2. The first-order chi connectivity index (χ1) is 13.8. The first-order valence-corrected chi connectivity index (χ1v) is 10.1. The Morgan fingerprint density at radius 2 is 1.48 bits per heavy atom. The van der Waals surface area contributed by atoms with Crippen molar-refractivity contribution in [3.63, 3.8) is 0 Å². The van der Waals surface area contributed by atoms with Gasteiger partial charge in [0.05, 0.1) is 37.6 Å². The lowest BCUT2D eigenvalue weighted by Crippen LogP contribution is -2.29. The van der Waals surface area contributed by atoms with Gasteiger partial charge >= 0.3 is 0 Å². The van der Waals surface area contributed by atoms with Crippen LogP contribution in [0.5, 0.6) is 17.2 Å². The lowest BCUT2D eigenvalue weighted by molar-refractivity contribution is -0.121.